The number of carbonyl (C=O) groups excluding carboxylic acids is 1. The van der Waals surface area contributed by atoms with Crippen molar-refractivity contribution in [3.05, 3.63) is 21.9 Å². The van der Waals surface area contributed by atoms with Gasteiger partial charge in [0.15, 0.2) is 5.13 Å². The molecule has 6 nitrogen and oxygen atoms in total. The highest BCUT2D eigenvalue weighted by atomic mass is 79.9. The van der Waals surface area contributed by atoms with Crippen LogP contribution < -0.4 is 11.1 Å². The third kappa shape index (κ3) is 2.47. The molecule has 0 bridgehead atoms. The second kappa shape index (κ2) is 4.84. The van der Waals surface area contributed by atoms with E-state index in [0.717, 1.165) is 3.79 Å². The molecule has 2 rings (SSSR count). The molecule has 90 valence electrons. The molecule has 1 amide bonds. The lowest BCUT2D eigenvalue weighted by molar-refractivity contribution is 0.101. The monoisotopic (exact) mass is 315 g/mol. The van der Waals surface area contributed by atoms with Crippen LogP contribution in [0.25, 0.3) is 0 Å². The Morgan fingerprint density at radius 3 is 3.00 bits per heavy atom. The zero-order valence-electron chi connectivity index (χ0n) is 8.98. The minimum absolute atomic E-state index is 0.302. The second-order valence-electron chi connectivity index (χ2n) is 3.19. The molecule has 0 saturated carbocycles. The molecule has 0 spiro atoms. The van der Waals surface area contributed by atoms with Gasteiger partial charge in [0.05, 0.1) is 21.9 Å². The molecule has 0 aromatic carbocycles. The van der Waals surface area contributed by atoms with Crippen LogP contribution in [0.3, 0.4) is 0 Å². The lowest BCUT2D eigenvalue weighted by Crippen LogP contribution is -2.18. The van der Waals surface area contributed by atoms with Gasteiger partial charge in [-0.25, -0.2) is 4.98 Å². The molecule has 0 radical (unpaired) electrons. The summed E-state index contributed by atoms with van der Waals surface area (Å²) in [5.74, 6) is -0.302. The van der Waals surface area contributed by atoms with E-state index in [9.17, 15) is 4.79 Å². The third-order valence-electron chi connectivity index (χ3n) is 2.08. The Morgan fingerprint density at radius 1 is 1.65 bits per heavy atom. The van der Waals surface area contributed by atoms with Gasteiger partial charge in [0.1, 0.15) is 5.69 Å². The highest BCUT2D eigenvalue weighted by molar-refractivity contribution is 9.11. The standard InChI is InChI=1S/C9H10BrN5OS/c1-2-15-7(5(11)3-13-15)8(16)14-9-12-4-6(10)17-9/h3-4H,2,11H2,1H3,(H,12,14,16). The second-order valence-corrected chi connectivity index (χ2v) is 5.60. The van der Waals surface area contributed by atoms with Crippen LogP contribution >= 0.6 is 27.3 Å². The van der Waals surface area contributed by atoms with Gasteiger partial charge in [-0.3, -0.25) is 14.8 Å². The zero-order valence-corrected chi connectivity index (χ0v) is 11.4. The molecule has 0 aliphatic carbocycles. The number of halogens is 1. The minimum atomic E-state index is -0.302. The molecule has 2 heterocycles. The van der Waals surface area contributed by atoms with Crippen molar-refractivity contribution in [2.45, 2.75) is 13.5 Å². The normalized spacial score (nSPS) is 10.5. The molecule has 8 heteroatoms. The van der Waals surface area contributed by atoms with Gasteiger partial charge in [-0.1, -0.05) is 11.3 Å². The fourth-order valence-corrected chi connectivity index (χ4v) is 2.46. The number of anilines is 2. The van der Waals surface area contributed by atoms with E-state index in [1.807, 2.05) is 6.92 Å². The minimum Gasteiger partial charge on any atom is -0.396 e. The molecular formula is C9H10BrN5OS. The Labute approximate surface area is 110 Å². The van der Waals surface area contributed by atoms with E-state index in [1.165, 1.54) is 17.5 Å². The number of aryl methyl sites for hydroxylation is 1. The average molecular weight is 316 g/mol. The van der Waals surface area contributed by atoms with E-state index in [0.29, 0.717) is 23.1 Å². The molecule has 3 N–H and O–H groups in total. The number of amides is 1. The van der Waals surface area contributed by atoms with Crippen molar-refractivity contribution in [3.63, 3.8) is 0 Å². The van der Waals surface area contributed by atoms with Gasteiger partial charge in [0, 0.05) is 6.54 Å². The van der Waals surface area contributed by atoms with E-state index >= 15 is 0 Å². The first-order valence-corrected chi connectivity index (χ1v) is 6.46. The van der Waals surface area contributed by atoms with E-state index in [-0.39, 0.29) is 5.91 Å². The highest BCUT2D eigenvalue weighted by Gasteiger charge is 2.17. The molecule has 2 aromatic rings. The Kier molecular flexibility index (Phi) is 3.43. The number of carbonyl (C=O) groups is 1. The number of hydrogen-bond donors (Lipinski definition) is 2. The van der Waals surface area contributed by atoms with E-state index in [4.69, 9.17) is 5.73 Å². The molecule has 0 fully saturated rings. The van der Waals surface area contributed by atoms with Crippen LogP contribution in [0.15, 0.2) is 16.2 Å². The lowest BCUT2D eigenvalue weighted by atomic mass is 10.3. The van der Waals surface area contributed by atoms with Gasteiger partial charge < -0.3 is 5.73 Å². The van der Waals surface area contributed by atoms with Gasteiger partial charge in [0.25, 0.3) is 5.91 Å². The SMILES string of the molecule is CCn1ncc(N)c1C(=O)Nc1ncc(Br)s1. The van der Waals surface area contributed by atoms with Crippen LogP contribution in [0.5, 0.6) is 0 Å². The van der Waals surface area contributed by atoms with Crippen LogP contribution in [-0.2, 0) is 6.54 Å². The summed E-state index contributed by atoms with van der Waals surface area (Å²) >= 11 is 4.61. The van der Waals surface area contributed by atoms with E-state index in [1.54, 1.807) is 10.9 Å². The number of thiazole rings is 1. The van der Waals surface area contributed by atoms with Gasteiger partial charge in [-0.2, -0.15) is 5.10 Å². The first kappa shape index (κ1) is 12.1. The smallest absolute Gasteiger partial charge is 0.277 e. The molecule has 0 unspecified atom stereocenters. The summed E-state index contributed by atoms with van der Waals surface area (Å²) in [5, 5.41) is 7.20. The van der Waals surface area contributed by atoms with Crippen LogP contribution in [-0.4, -0.2) is 20.7 Å². The topological polar surface area (TPSA) is 85.8 Å². The maximum Gasteiger partial charge on any atom is 0.277 e. The molecular weight excluding hydrogens is 306 g/mol. The molecule has 0 aliphatic rings. The summed E-state index contributed by atoms with van der Waals surface area (Å²) in [7, 11) is 0. The van der Waals surface area contributed by atoms with Gasteiger partial charge >= 0.3 is 0 Å². The van der Waals surface area contributed by atoms with Crippen molar-refractivity contribution >= 4 is 44.0 Å². The van der Waals surface area contributed by atoms with Crippen molar-refractivity contribution in [3.8, 4) is 0 Å². The van der Waals surface area contributed by atoms with Crippen molar-refractivity contribution in [2.24, 2.45) is 0 Å². The molecule has 17 heavy (non-hydrogen) atoms. The summed E-state index contributed by atoms with van der Waals surface area (Å²) in [5.41, 5.74) is 6.43. The fraction of sp³-hybridized carbons (Fsp3) is 0.222. The molecule has 0 atom stereocenters. The average Bonchev–Trinajstić information content (AvgIpc) is 2.84. The fourth-order valence-electron chi connectivity index (χ4n) is 1.36. The summed E-state index contributed by atoms with van der Waals surface area (Å²) in [6.07, 6.45) is 3.09. The number of nitrogens with one attached hydrogen (secondary N) is 1. The molecule has 0 saturated heterocycles. The van der Waals surface area contributed by atoms with Crippen LogP contribution in [0.4, 0.5) is 10.8 Å². The van der Waals surface area contributed by atoms with Crippen LogP contribution in [0.2, 0.25) is 0 Å². The van der Waals surface area contributed by atoms with Crippen molar-refractivity contribution in [2.75, 3.05) is 11.1 Å². The predicted molar refractivity (Wildman–Crippen MR) is 70.1 cm³/mol. The van der Waals surface area contributed by atoms with Crippen molar-refractivity contribution in [1.82, 2.24) is 14.8 Å². The Morgan fingerprint density at radius 2 is 2.41 bits per heavy atom. The number of aromatic nitrogens is 3. The summed E-state index contributed by atoms with van der Waals surface area (Å²) < 4.78 is 2.40. The van der Waals surface area contributed by atoms with E-state index < -0.39 is 0 Å². The third-order valence-corrected chi connectivity index (χ3v) is 3.47. The molecule has 0 aliphatic heterocycles. The number of hydrogen-bond acceptors (Lipinski definition) is 5. The number of rotatable bonds is 3. The van der Waals surface area contributed by atoms with Gasteiger partial charge in [0.2, 0.25) is 0 Å². The first-order chi connectivity index (χ1) is 8.11. The van der Waals surface area contributed by atoms with Crippen molar-refractivity contribution < 1.29 is 4.79 Å². The van der Waals surface area contributed by atoms with Gasteiger partial charge in [-0.15, -0.1) is 0 Å². The number of nitrogens with zero attached hydrogens (tertiary/aromatic N) is 3. The largest absolute Gasteiger partial charge is 0.396 e. The maximum absolute atomic E-state index is 12.0. The Hall–Kier alpha value is -1.41. The van der Waals surface area contributed by atoms with Crippen LogP contribution in [0.1, 0.15) is 17.4 Å². The lowest BCUT2D eigenvalue weighted by Gasteiger charge is -2.04. The van der Waals surface area contributed by atoms with Crippen molar-refractivity contribution in [1.29, 1.82) is 0 Å². The summed E-state index contributed by atoms with van der Waals surface area (Å²) in [6.45, 7) is 2.48. The summed E-state index contributed by atoms with van der Waals surface area (Å²) in [4.78, 5) is 16.0. The Balaban J connectivity index is 2.22. The van der Waals surface area contributed by atoms with Crippen LogP contribution in [0, 0.1) is 0 Å². The quantitative estimate of drug-likeness (QED) is 0.906. The predicted octanol–water partition coefficient (Wildman–Crippen LogP) is 1.96. The Bertz CT molecular complexity index is 549. The highest BCUT2D eigenvalue weighted by Crippen LogP contribution is 2.24. The maximum atomic E-state index is 12.0. The zero-order chi connectivity index (χ0) is 12.4. The summed E-state index contributed by atoms with van der Waals surface area (Å²) in [6, 6.07) is 0. The first-order valence-electron chi connectivity index (χ1n) is 4.85. The van der Waals surface area contributed by atoms with E-state index in [2.05, 4.69) is 31.3 Å². The van der Waals surface area contributed by atoms with Gasteiger partial charge in [-0.05, 0) is 22.9 Å². The molecule has 2 aromatic heterocycles. The number of nitrogens with two attached hydrogens (primary N) is 1. The number of nitrogen functional groups attached to an aromatic ring is 1.